The Labute approximate surface area is 116 Å². The summed E-state index contributed by atoms with van der Waals surface area (Å²) < 4.78 is 0. The highest BCUT2D eigenvalue weighted by Crippen LogP contribution is 2.08. The van der Waals surface area contributed by atoms with E-state index in [4.69, 9.17) is 5.11 Å². The van der Waals surface area contributed by atoms with E-state index in [1.807, 2.05) is 12.3 Å². The van der Waals surface area contributed by atoms with E-state index in [9.17, 15) is 9.59 Å². The van der Waals surface area contributed by atoms with Crippen molar-refractivity contribution >= 4 is 23.3 Å². The third-order valence-electron chi connectivity index (χ3n) is 2.47. The first kappa shape index (κ1) is 15.4. The molecule has 19 heavy (non-hydrogen) atoms. The molecule has 2 N–H and O–H groups in total. The zero-order valence-electron chi connectivity index (χ0n) is 11.3. The van der Waals surface area contributed by atoms with Crippen LogP contribution in [0.5, 0.6) is 0 Å². The van der Waals surface area contributed by atoms with Gasteiger partial charge in [0.1, 0.15) is 6.54 Å². The number of aromatic nitrogens is 1. The summed E-state index contributed by atoms with van der Waals surface area (Å²) in [5, 5.41) is 14.4. The number of hydrogen-bond acceptors (Lipinski definition) is 4. The number of carbonyl (C=O) groups excluding carboxylic acids is 1. The van der Waals surface area contributed by atoms with Gasteiger partial charge in [0.2, 0.25) is 0 Å². The fourth-order valence-electron chi connectivity index (χ4n) is 1.53. The lowest BCUT2D eigenvalue weighted by Crippen LogP contribution is -2.46. The Morgan fingerprint density at radius 3 is 2.68 bits per heavy atom. The average Bonchev–Trinajstić information content (AvgIpc) is 2.71. The number of hydrogen-bond donors (Lipinski definition) is 2. The summed E-state index contributed by atoms with van der Waals surface area (Å²) >= 11 is 1.56. The van der Waals surface area contributed by atoms with E-state index >= 15 is 0 Å². The topological polar surface area (TPSA) is 82.5 Å². The molecule has 0 spiro atoms. The van der Waals surface area contributed by atoms with E-state index in [1.165, 1.54) is 4.90 Å². The van der Waals surface area contributed by atoms with Gasteiger partial charge in [0, 0.05) is 30.1 Å². The second-order valence-electron chi connectivity index (χ2n) is 4.48. The Morgan fingerprint density at radius 1 is 1.53 bits per heavy atom. The Morgan fingerprint density at radius 2 is 2.21 bits per heavy atom. The number of nitrogens with one attached hydrogen (secondary N) is 1. The smallest absolute Gasteiger partial charge is 0.323 e. The van der Waals surface area contributed by atoms with Gasteiger partial charge in [-0.1, -0.05) is 0 Å². The molecule has 2 amide bonds. The van der Waals surface area contributed by atoms with Crippen LogP contribution in [-0.2, 0) is 11.2 Å². The summed E-state index contributed by atoms with van der Waals surface area (Å²) in [5.41, 5.74) is 0.973. The third kappa shape index (κ3) is 5.25. The van der Waals surface area contributed by atoms with Crippen molar-refractivity contribution in [3.05, 3.63) is 16.1 Å². The van der Waals surface area contributed by atoms with Gasteiger partial charge in [-0.2, -0.15) is 0 Å². The summed E-state index contributed by atoms with van der Waals surface area (Å²) in [7, 11) is 0. The van der Waals surface area contributed by atoms with Crippen LogP contribution in [0.2, 0.25) is 0 Å². The van der Waals surface area contributed by atoms with Crippen LogP contribution in [0.3, 0.4) is 0 Å². The normalized spacial score (nSPS) is 10.5. The number of aryl methyl sites for hydroxylation is 1. The van der Waals surface area contributed by atoms with Gasteiger partial charge < -0.3 is 15.3 Å². The molecular formula is C12H19N3O3S. The van der Waals surface area contributed by atoms with Crippen LogP contribution in [0.25, 0.3) is 0 Å². The molecule has 106 valence electrons. The lowest BCUT2D eigenvalue weighted by Gasteiger charge is -2.24. The highest BCUT2D eigenvalue weighted by molar-refractivity contribution is 7.09. The molecule has 0 aliphatic carbocycles. The molecule has 0 aromatic carbocycles. The first-order valence-corrected chi connectivity index (χ1v) is 6.95. The first-order chi connectivity index (χ1) is 8.90. The molecule has 7 heteroatoms. The number of rotatable bonds is 6. The summed E-state index contributed by atoms with van der Waals surface area (Å²) in [5.74, 6) is -1.01. The Balaban J connectivity index is 2.42. The lowest BCUT2D eigenvalue weighted by atomic mass is 10.3. The molecule has 0 saturated carbocycles. The monoisotopic (exact) mass is 285 g/mol. The predicted molar refractivity (Wildman–Crippen MR) is 73.4 cm³/mol. The molecular weight excluding hydrogens is 266 g/mol. The standard InChI is InChI=1S/C12H19N3O3S/c1-8(2)15(6-11(16)17)12(18)13-5-4-10-14-9(3)7-19-10/h7-8H,4-6H2,1-3H3,(H,13,18)(H,16,17). The van der Waals surface area contributed by atoms with Gasteiger partial charge in [0.25, 0.3) is 0 Å². The molecule has 0 aliphatic heterocycles. The van der Waals surface area contributed by atoms with Crippen molar-refractivity contribution in [1.82, 2.24) is 15.2 Å². The maximum absolute atomic E-state index is 11.9. The van der Waals surface area contributed by atoms with Crippen molar-refractivity contribution in [2.24, 2.45) is 0 Å². The molecule has 1 heterocycles. The van der Waals surface area contributed by atoms with Crippen LogP contribution < -0.4 is 5.32 Å². The van der Waals surface area contributed by atoms with Crippen molar-refractivity contribution in [2.45, 2.75) is 33.2 Å². The van der Waals surface area contributed by atoms with Gasteiger partial charge >= 0.3 is 12.0 Å². The van der Waals surface area contributed by atoms with Crippen molar-refractivity contribution in [1.29, 1.82) is 0 Å². The molecule has 1 aromatic heterocycles. The first-order valence-electron chi connectivity index (χ1n) is 6.07. The summed E-state index contributed by atoms with van der Waals surface area (Å²) in [6.45, 7) is 5.65. The molecule has 6 nitrogen and oxygen atoms in total. The van der Waals surface area contributed by atoms with E-state index in [1.54, 1.807) is 25.2 Å². The van der Waals surface area contributed by atoms with Crippen molar-refractivity contribution < 1.29 is 14.7 Å². The molecule has 0 fully saturated rings. The zero-order valence-corrected chi connectivity index (χ0v) is 12.2. The van der Waals surface area contributed by atoms with Crippen molar-refractivity contribution in [3.63, 3.8) is 0 Å². The van der Waals surface area contributed by atoms with Gasteiger partial charge in [-0.3, -0.25) is 4.79 Å². The van der Waals surface area contributed by atoms with Crippen LogP contribution in [0.4, 0.5) is 4.79 Å². The van der Waals surface area contributed by atoms with E-state index in [-0.39, 0.29) is 18.6 Å². The third-order valence-corrected chi connectivity index (χ3v) is 3.50. The van der Waals surface area contributed by atoms with E-state index < -0.39 is 5.97 Å². The number of carboxylic acids is 1. The quantitative estimate of drug-likeness (QED) is 0.829. The molecule has 0 bridgehead atoms. The number of carbonyl (C=O) groups is 2. The molecule has 0 radical (unpaired) electrons. The SMILES string of the molecule is Cc1csc(CCNC(=O)N(CC(=O)O)C(C)C)n1. The summed E-state index contributed by atoms with van der Waals surface area (Å²) in [6, 6.07) is -0.510. The highest BCUT2D eigenvalue weighted by atomic mass is 32.1. The second kappa shape index (κ2) is 7.08. The molecule has 1 rings (SSSR count). The molecule has 0 unspecified atom stereocenters. The number of amides is 2. The maximum atomic E-state index is 11.9. The minimum Gasteiger partial charge on any atom is -0.480 e. The number of thiazole rings is 1. The van der Waals surface area contributed by atoms with Crippen LogP contribution >= 0.6 is 11.3 Å². The number of carboxylic acid groups (broad SMARTS) is 1. The van der Waals surface area contributed by atoms with Crippen LogP contribution in [0.15, 0.2) is 5.38 Å². The van der Waals surface area contributed by atoms with Crippen LogP contribution in [0, 0.1) is 6.92 Å². The summed E-state index contributed by atoms with van der Waals surface area (Å²) in [6.07, 6.45) is 0.656. The molecule has 0 atom stereocenters. The minimum atomic E-state index is -1.01. The van der Waals surface area contributed by atoms with E-state index in [0.29, 0.717) is 13.0 Å². The number of nitrogens with zero attached hydrogens (tertiary/aromatic N) is 2. The van der Waals surface area contributed by atoms with Crippen molar-refractivity contribution in [2.75, 3.05) is 13.1 Å². The van der Waals surface area contributed by atoms with Gasteiger partial charge in [-0.25, -0.2) is 9.78 Å². The number of aliphatic carboxylic acids is 1. The Kier molecular flexibility index (Phi) is 5.75. The van der Waals surface area contributed by atoms with Gasteiger partial charge in [-0.15, -0.1) is 11.3 Å². The molecule has 1 aromatic rings. The fourth-order valence-corrected chi connectivity index (χ4v) is 2.31. The fraction of sp³-hybridized carbons (Fsp3) is 0.583. The Bertz CT molecular complexity index is 445. The van der Waals surface area contributed by atoms with E-state index in [2.05, 4.69) is 10.3 Å². The second-order valence-corrected chi connectivity index (χ2v) is 5.42. The maximum Gasteiger partial charge on any atom is 0.323 e. The van der Waals surface area contributed by atoms with E-state index in [0.717, 1.165) is 10.7 Å². The lowest BCUT2D eigenvalue weighted by molar-refractivity contribution is -0.138. The van der Waals surface area contributed by atoms with Gasteiger partial charge in [-0.05, 0) is 20.8 Å². The summed E-state index contributed by atoms with van der Waals surface area (Å²) in [4.78, 5) is 28.1. The molecule has 0 aliphatic rings. The van der Waals surface area contributed by atoms with Crippen LogP contribution in [0.1, 0.15) is 24.5 Å². The Hall–Kier alpha value is -1.63. The van der Waals surface area contributed by atoms with Gasteiger partial charge in [0.05, 0.1) is 5.01 Å². The predicted octanol–water partition coefficient (Wildman–Crippen LogP) is 1.50. The average molecular weight is 285 g/mol. The minimum absolute atomic E-state index is 0.154. The largest absolute Gasteiger partial charge is 0.480 e. The van der Waals surface area contributed by atoms with Crippen molar-refractivity contribution in [3.8, 4) is 0 Å². The van der Waals surface area contributed by atoms with Gasteiger partial charge in [0.15, 0.2) is 0 Å². The van der Waals surface area contributed by atoms with Crippen LogP contribution in [-0.4, -0.2) is 46.1 Å². The highest BCUT2D eigenvalue weighted by Gasteiger charge is 2.19. The zero-order chi connectivity index (χ0) is 14.4. The number of urea groups is 1. The molecule has 0 saturated heterocycles.